The van der Waals surface area contributed by atoms with Crippen LogP contribution >= 0.6 is 11.3 Å². The van der Waals surface area contributed by atoms with Crippen molar-refractivity contribution in [2.24, 2.45) is 5.41 Å². The number of β-amino-alcohol motifs (C(OH)–C–C–N with tert-alkyl or cyclic N) is 1. The second-order valence-corrected chi connectivity index (χ2v) is 21.3. The molecule has 3 aromatic carbocycles. The zero-order chi connectivity index (χ0) is 51.1. The second-order valence-electron chi connectivity index (χ2n) is 20.4. The lowest BCUT2D eigenvalue weighted by Gasteiger charge is -2.41. The Balaban J connectivity index is 0.727. The summed E-state index contributed by atoms with van der Waals surface area (Å²) in [7, 11) is 0. The van der Waals surface area contributed by atoms with Crippen LogP contribution in [0, 0.1) is 12.3 Å². The van der Waals surface area contributed by atoms with Crippen LogP contribution in [0.4, 0.5) is 11.5 Å². The predicted octanol–water partition coefficient (Wildman–Crippen LogP) is 6.10. The molecule has 4 atom stereocenters. The van der Waals surface area contributed by atoms with Crippen molar-refractivity contribution in [1.82, 2.24) is 40.5 Å². The number of anilines is 2. The molecule has 5 aromatic rings. The molecule has 0 bridgehead atoms. The van der Waals surface area contributed by atoms with Crippen molar-refractivity contribution in [3.63, 3.8) is 0 Å². The number of thiazole rings is 1. The maximum absolute atomic E-state index is 14.1. The number of aryl methyl sites for hydroxylation is 1. The number of aliphatic hydroxyl groups is 1. The van der Waals surface area contributed by atoms with Gasteiger partial charge in [-0.1, -0.05) is 75.7 Å². The molecule has 0 saturated carbocycles. The number of likely N-dealkylation sites (tertiary alicyclic amines) is 1. The standard InChI is InChI=1S/C54H68N10O7S/c1-34(37-18-20-38(21-19-37)49-35(2)56-33-72-49)57-52(69)45-27-39(65)30-64(45)53(70)50(54(3,4)5)58-47(67)16-7-6-8-17-48(68)62-24-22-61(23-25-62)29-36-12-11-13-40(26-36)71-41-31-63(32-41)44-28-43(59-60-51(44)55)42-14-9-10-15-46(42)66/h9-15,18-21,26,28,33-34,39,41,45,50,65-66H,6-8,16-17,22-25,27,29-32H2,1-5H3,(H2,55,60)(H,57,69)(H,58,67)/t34?,39-,45+,50?/m1/s1. The molecule has 382 valence electrons. The first-order chi connectivity index (χ1) is 34.5. The Morgan fingerprint density at radius 3 is 2.33 bits per heavy atom. The molecule has 0 radical (unpaired) electrons. The molecular weight excluding hydrogens is 933 g/mol. The summed E-state index contributed by atoms with van der Waals surface area (Å²) in [6, 6.07) is 22.8. The highest BCUT2D eigenvalue weighted by Crippen LogP contribution is 2.35. The molecule has 72 heavy (non-hydrogen) atoms. The largest absolute Gasteiger partial charge is 0.507 e. The van der Waals surface area contributed by atoms with E-state index in [2.05, 4.69) is 47.7 Å². The van der Waals surface area contributed by atoms with E-state index in [1.165, 1.54) is 4.90 Å². The zero-order valence-electron chi connectivity index (χ0n) is 41.9. The number of nitrogens with one attached hydrogen (secondary N) is 2. The third-order valence-electron chi connectivity index (χ3n) is 13.9. The van der Waals surface area contributed by atoms with E-state index in [9.17, 15) is 29.4 Å². The summed E-state index contributed by atoms with van der Waals surface area (Å²) < 4.78 is 6.34. The Kier molecular flexibility index (Phi) is 16.4. The number of rotatable bonds is 18. The number of amides is 4. The summed E-state index contributed by atoms with van der Waals surface area (Å²) >= 11 is 1.58. The minimum atomic E-state index is -0.909. The molecular formula is C54H68N10O7S. The molecule has 0 aliphatic carbocycles. The summed E-state index contributed by atoms with van der Waals surface area (Å²) in [5.74, 6) is 0.338. The number of nitrogens with zero attached hydrogens (tertiary/aromatic N) is 7. The van der Waals surface area contributed by atoms with E-state index in [-0.39, 0.29) is 55.0 Å². The van der Waals surface area contributed by atoms with Gasteiger partial charge in [-0.15, -0.1) is 21.5 Å². The first-order valence-electron chi connectivity index (χ1n) is 25.0. The fourth-order valence-electron chi connectivity index (χ4n) is 9.64. The van der Waals surface area contributed by atoms with E-state index in [1.807, 2.05) is 93.6 Å². The van der Waals surface area contributed by atoms with Gasteiger partial charge in [-0.2, -0.15) is 0 Å². The molecule has 2 aromatic heterocycles. The summed E-state index contributed by atoms with van der Waals surface area (Å²) in [4.78, 5) is 67.6. The quantitative estimate of drug-likeness (QED) is 0.0628. The smallest absolute Gasteiger partial charge is 0.246 e. The van der Waals surface area contributed by atoms with E-state index >= 15 is 0 Å². The fourth-order valence-corrected chi connectivity index (χ4v) is 10.5. The first-order valence-corrected chi connectivity index (χ1v) is 25.9. The highest BCUT2D eigenvalue weighted by Gasteiger charge is 2.45. The second kappa shape index (κ2) is 22.8. The number of aliphatic hydroxyl groups excluding tert-OH is 1. The van der Waals surface area contributed by atoms with Crippen molar-refractivity contribution in [1.29, 1.82) is 0 Å². The van der Waals surface area contributed by atoms with Gasteiger partial charge in [0, 0.05) is 64.1 Å². The predicted molar refractivity (Wildman–Crippen MR) is 278 cm³/mol. The molecule has 18 heteroatoms. The van der Waals surface area contributed by atoms with Gasteiger partial charge in [0.2, 0.25) is 23.6 Å². The van der Waals surface area contributed by atoms with Crippen LogP contribution in [0.3, 0.4) is 0 Å². The summed E-state index contributed by atoms with van der Waals surface area (Å²) in [6.07, 6.45) is 1.72. The molecule has 3 aliphatic heterocycles. The first kappa shape index (κ1) is 51.7. The third kappa shape index (κ3) is 12.7. The van der Waals surface area contributed by atoms with Gasteiger partial charge in [-0.25, -0.2) is 4.98 Å². The fraction of sp³-hybridized carbons (Fsp3) is 0.463. The van der Waals surface area contributed by atoms with Crippen molar-refractivity contribution in [3.05, 3.63) is 101 Å². The molecule has 4 amide bonds. The molecule has 0 spiro atoms. The molecule has 3 saturated heterocycles. The van der Waals surface area contributed by atoms with Crippen LogP contribution in [0.1, 0.15) is 89.1 Å². The van der Waals surface area contributed by atoms with Crippen LogP contribution in [-0.4, -0.2) is 134 Å². The van der Waals surface area contributed by atoms with Crippen LogP contribution in [0.25, 0.3) is 21.7 Å². The summed E-state index contributed by atoms with van der Waals surface area (Å²) in [5, 5.41) is 35.3. The Bertz CT molecular complexity index is 2700. The number of hydrogen-bond donors (Lipinski definition) is 5. The van der Waals surface area contributed by atoms with Crippen LogP contribution in [0.2, 0.25) is 0 Å². The average Bonchev–Trinajstić information content (AvgIpc) is 3.97. The molecule has 8 rings (SSSR count). The van der Waals surface area contributed by atoms with Gasteiger partial charge in [-0.05, 0) is 79.1 Å². The lowest BCUT2D eigenvalue weighted by Crippen LogP contribution is -2.57. The number of carbonyl (C=O) groups excluding carboxylic acids is 4. The Hall–Kier alpha value is -6.63. The van der Waals surface area contributed by atoms with E-state index < -0.39 is 29.5 Å². The number of ether oxygens (including phenoxy) is 1. The maximum Gasteiger partial charge on any atom is 0.246 e. The molecule has 6 N–H and O–H groups in total. The number of piperazine rings is 1. The van der Waals surface area contributed by atoms with Crippen molar-refractivity contribution >= 4 is 46.5 Å². The summed E-state index contributed by atoms with van der Waals surface area (Å²) in [6.45, 7) is 14.3. The summed E-state index contributed by atoms with van der Waals surface area (Å²) in [5.41, 5.74) is 13.3. The number of para-hydroxylation sites is 1. The number of nitrogens with two attached hydrogens (primary N) is 1. The number of aromatic nitrogens is 3. The molecule has 17 nitrogen and oxygen atoms in total. The van der Waals surface area contributed by atoms with Gasteiger partial charge in [0.05, 0.1) is 52.7 Å². The molecule has 3 fully saturated rings. The van der Waals surface area contributed by atoms with Crippen LogP contribution in [0.5, 0.6) is 11.5 Å². The van der Waals surface area contributed by atoms with Gasteiger partial charge in [0.15, 0.2) is 5.82 Å². The minimum Gasteiger partial charge on any atom is -0.507 e. The monoisotopic (exact) mass is 1000 g/mol. The Morgan fingerprint density at radius 2 is 1.62 bits per heavy atom. The normalized spacial score (nSPS) is 18.3. The third-order valence-corrected chi connectivity index (χ3v) is 14.8. The van der Waals surface area contributed by atoms with Crippen LogP contribution < -0.4 is 26.0 Å². The number of carbonyl (C=O) groups is 4. The maximum atomic E-state index is 14.1. The van der Waals surface area contributed by atoms with E-state index in [1.54, 1.807) is 29.5 Å². The SMILES string of the molecule is Cc1ncsc1-c1ccc(C(C)NC(=O)[C@@H]2C[C@@H](O)CN2C(=O)C(NC(=O)CCCCCC(=O)N2CCN(Cc3cccc(OC4CN(c5cc(-c6ccccc6O)nnc5N)C4)c3)CC2)C(C)(C)C)cc1. The topological polar surface area (TPSA) is 220 Å². The van der Waals surface area contributed by atoms with Crippen molar-refractivity contribution in [3.8, 4) is 33.2 Å². The average molecular weight is 1000 g/mol. The van der Waals surface area contributed by atoms with Gasteiger partial charge in [0.1, 0.15) is 29.7 Å². The number of aromatic hydroxyl groups is 1. The number of phenolic OH excluding ortho intramolecular Hbond substituents is 1. The van der Waals surface area contributed by atoms with Gasteiger partial charge < -0.3 is 46.0 Å². The van der Waals surface area contributed by atoms with Crippen LogP contribution in [0.15, 0.2) is 84.4 Å². The van der Waals surface area contributed by atoms with Crippen molar-refractivity contribution in [2.75, 3.05) is 56.4 Å². The number of unbranched alkanes of at least 4 members (excludes halogenated alkanes) is 2. The van der Waals surface area contributed by atoms with Gasteiger partial charge in [0.25, 0.3) is 0 Å². The lowest BCUT2D eigenvalue weighted by molar-refractivity contribution is -0.144. The number of nitrogen functional groups attached to an aromatic ring is 1. The number of phenols is 1. The van der Waals surface area contributed by atoms with Crippen LogP contribution in [-0.2, 0) is 25.7 Å². The highest BCUT2D eigenvalue weighted by molar-refractivity contribution is 7.13. The van der Waals surface area contributed by atoms with E-state index in [4.69, 9.17) is 10.5 Å². The zero-order valence-corrected chi connectivity index (χ0v) is 42.7. The van der Waals surface area contributed by atoms with E-state index in [0.717, 1.165) is 58.3 Å². The molecule has 3 aliphatic rings. The van der Waals surface area contributed by atoms with Gasteiger partial charge in [-0.3, -0.25) is 24.1 Å². The van der Waals surface area contributed by atoms with Crippen molar-refractivity contribution in [2.45, 2.75) is 110 Å². The van der Waals surface area contributed by atoms with Crippen molar-refractivity contribution < 1.29 is 34.1 Å². The van der Waals surface area contributed by atoms with E-state index in [0.29, 0.717) is 68.9 Å². The number of hydrogen-bond acceptors (Lipinski definition) is 14. The Labute approximate surface area is 425 Å². The van der Waals surface area contributed by atoms with Gasteiger partial charge >= 0.3 is 0 Å². The number of benzene rings is 3. The molecule has 5 heterocycles. The Morgan fingerprint density at radius 1 is 0.889 bits per heavy atom. The lowest BCUT2D eigenvalue weighted by atomic mass is 9.85. The minimum absolute atomic E-state index is 0.000156. The molecule has 2 unspecified atom stereocenters. The highest BCUT2D eigenvalue weighted by atomic mass is 32.1.